The van der Waals surface area contributed by atoms with Crippen LogP contribution in [0.25, 0.3) is 0 Å². The van der Waals surface area contributed by atoms with E-state index in [2.05, 4.69) is 12.7 Å². The Morgan fingerprint density at radius 2 is 2.27 bits per heavy atom. The van der Waals surface area contributed by atoms with Crippen LogP contribution in [-0.4, -0.2) is 5.78 Å². The number of hydrogen-bond donors (Lipinski definition) is 0. The van der Waals surface area contributed by atoms with Gasteiger partial charge in [0.05, 0.1) is 0 Å². The van der Waals surface area contributed by atoms with Gasteiger partial charge in [-0.25, -0.2) is 0 Å². The smallest absolute Gasteiger partial charge is 0.180 e. The van der Waals surface area contributed by atoms with E-state index in [0.29, 0.717) is 0 Å². The lowest BCUT2D eigenvalue weighted by atomic mass is 10.1. The number of rotatable bonds is 2. The molecule has 11 heavy (non-hydrogen) atoms. The zero-order valence-electron chi connectivity index (χ0n) is 6.81. The average molecular weight is 150 g/mol. The van der Waals surface area contributed by atoms with Gasteiger partial charge < -0.3 is 0 Å². The molecule has 0 radical (unpaired) electrons. The van der Waals surface area contributed by atoms with Crippen LogP contribution < -0.4 is 0 Å². The standard InChI is InChI=1S/C10H14O/c1-2-10(11)9-7-5-3-4-6-8-9/h2,7H,1,3-6,8H2. The van der Waals surface area contributed by atoms with Gasteiger partial charge in [-0.05, 0) is 37.3 Å². The summed E-state index contributed by atoms with van der Waals surface area (Å²) in [5, 5.41) is 0. The molecule has 0 fully saturated rings. The van der Waals surface area contributed by atoms with Crippen molar-refractivity contribution in [3.05, 3.63) is 24.3 Å². The van der Waals surface area contributed by atoms with Crippen LogP contribution in [0.5, 0.6) is 0 Å². The summed E-state index contributed by atoms with van der Waals surface area (Å²) in [6.45, 7) is 3.48. The summed E-state index contributed by atoms with van der Waals surface area (Å²) in [6, 6.07) is 0. The number of carbonyl (C=O) groups excluding carboxylic acids is 1. The number of ketones is 1. The van der Waals surface area contributed by atoms with Gasteiger partial charge >= 0.3 is 0 Å². The third-order valence-corrected chi connectivity index (χ3v) is 2.04. The first kappa shape index (κ1) is 8.25. The Labute approximate surface area is 67.8 Å². The Morgan fingerprint density at radius 3 is 3.00 bits per heavy atom. The van der Waals surface area contributed by atoms with Gasteiger partial charge in [0.1, 0.15) is 0 Å². The maximum absolute atomic E-state index is 11.1. The van der Waals surface area contributed by atoms with Crippen LogP contribution in [0.15, 0.2) is 24.3 Å². The zero-order chi connectivity index (χ0) is 8.10. The molecule has 0 heterocycles. The summed E-state index contributed by atoms with van der Waals surface area (Å²) < 4.78 is 0. The van der Waals surface area contributed by atoms with E-state index < -0.39 is 0 Å². The van der Waals surface area contributed by atoms with Crippen LogP contribution >= 0.6 is 0 Å². The lowest BCUT2D eigenvalue weighted by Crippen LogP contribution is -1.96. The molecule has 0 aromatic rings. The summed E-state index contributed by atoms with van der Waals surface area (Å²) in [6.07, 6.45) is 9.14. The molecular formula is C10H14O. The highest BCUT2D eigenvalue weighted by molar-refractivity contribution is 6.03. The lowest BCUT2D eigenvalue weighted by Gasteiger charge is -1.97. The molecule has 0 atom stereocenters. The van der Waals surface area contributed by atoms with Crippen molar-refractivity contribution in [2.75, 3.05) is 0 Å². The van der Waals surface area contributed by atoms with Crippen molar-refractivity contribution in [2.24, 2.45) is 0 Å². The maximum Gasteiger partial charge on any atom is 0.180 e. The van der Waals surface area contributed by atoms with Gasteiger partial charge in [-0.3, -0.25) is 4.79 Å². The van der Waals surface area contributed by atoms with E-state index in [1.165, 1.54) is 18.9 Å². The normalized spacial score (nSPS) is 18.4. The van der Waals surface area contributed by atoms with E-state index in [0.717, 1.165) is 24.8 Å². The molecular weight excluding hydrogens is 136 g/mol. The van der Waals surface area contributed by atoms with Crippen LogP contribution in [0.4, 0.5) is 0 Å². The van der Waals surface area contributed by atoms with Gasteiger partial charge in [-0.2, -0.15) is 0 Å². The second-order valence-corrected chi connectivity index (χ2v) is 2.90. The molecule has 0 aliphatic heterocycles. The van der Waals surface area contributed by atoms with Crippen molar-refractivity contribution in [1.29, 1.82) is 0 Å². The topological polar surface area (TPSA) is 17.1 Å². The van der Waals surface area contributed by atoms with Gasteiger partial charge in [-0.1, -0.05) is 19.1 Å². The fourth-order valence-corrected chi connectivity index (χ4v) is 1.37. The van der Waals surface area contributed by atoms with Crippen LogP contribution in [-0.2, 0) is 4.79 Å². The molecule has 0 amide bonds. The van der Waals surface area contributed by atoms with Crippen LogP contribution in [0.1, 0.15) is 32.1 Å². The third kappa shape index (κ3) is 2.34. The van der Waals surface area contributed by atoms with Crippen LogP contribution in [0.2, 0.25) is 0 Å². The molecule has 0 spiro atoms. The fraction of sp³-hybridized carbons (Fsp3) is 0.500. The van der Waals surface area contributed by atoms with Crippen LogP contribution in [0.3, 0.4) is 0 Å². The largest absolute Gasteiger partial charge is 0.290 e. The summed E-state index contributed by atoms with van der Waals surface area (Å²) >= 11 is 0. The Bertz CT molecular complexity index is 189. The Morgan fingerprint density at radius 1 is 1.45 bits per heavy atom. The molecule has 1 rings (SSSR count). The molecule has 1 heteroatoms. The molecule has 0 aromatic heterocycles. The van der Waals surface area contributed by atoms with Crippen molar-refractivity contribution >= 4 is 5.78 Å². The van der Waals surface area contributed by atoms with E-state index >= 15 is 0 Å². The molecule has 1 aliphatic carbocycles. The summed E-state index contributed by atoms with van der Waals surface area (Å²) in [7, 11) is 0. The second-order valence-electron chi connectivity index (χ2n) is 2.90. The molecule has 60 valence electrons. The number of hydrogen-bond acceptors (Lipinski definition) is 1. The van der Waals surface area contributed by atoms with Gasteiger partial charge in [-0.15, -0.1) is 0 Å². The highest BCUT2D eigenvalue weighted by atomic mass is 16.1. The van der Waals surface area contributed by atoms with Gasteiger partial charge in [0.25, 0.3) is 0 Å². The van der Waals surface area contributed by atoms with E-state index in [1.54, 1.807) is 0 Å². The minimum Gasteiger partial charge on any atom is -0.290 e. The molecule has 0 aromatic carbocycles. The maximum atomic E-state index is 11.1. The lowest BCUT2D eigenvalue weighted by molar-refractivity contribution is -0.111. The van der Waals surface area contributed by atoms with Crippen molar-refractivity contribution < 1.29 is 4.79 Å². The SMILES string of the molecule is C=CC(=O)C1=CCCCCC1. The molecule has 0 saturated heterocycles. The van der Waals surface area contributed by atoms with Crippen molar-refractivity contribution in [2.45, 2.75) is 32.1 Å². The number of carbonyl (C=O) groups is 1. The minimum atomic E-state index is 0.118. The second kappa shape index (κ2) is 4.12. The summed E-state index contributed by atoms with van der Waals surface area (Å²) in [5.41, 5.74) is 0.970. The van der Waals surface area contributed by atoms with E-state index in [4.69, 9.17) is 0 Å². The molecule has 0 bridgehead atoms. The first-order valence-corrected chi connectivity index (χ1v) is 4.20. The minimum absolute atomic E-state index is 0.118. The fourth-order valence-electron chi connectivity index (χ4n) is 1.37. The number of allylic oxidation sites excluding steroid dienone is 3. The van der Waals surface area contributed by atoms with Gasteiger partial charge in [0.2, 0.25) is 0 Å². The van der Waals surface area contributed by atoms with E-state index in [9.17, 15) is 4.79 Å². The van der Waals surface area contributed by atoms with Crippen molar-refractivity contribution in [3.63, 3.8) is 0 Å². The Kier molecular flexibility index (Phi) is 3.09. The quantitative estimate of drug-likeness (QED) is 0.553. The molecule has 0 unspecified atom stereocenters. The third-order valence-electron chi connectivity index (χ3n) is 2.04. The zero-order valence-corrected chi connectivity index (χ0v) is 6.81. The average Bonchev–Trinajstić information content (AvgIpc) is 2.30. The summed E-state index contributed by atoms with van der Waals surface area (Å²) in [5.74, 6) is 0.118. The summed E-state index contributed by atoms with van der Waals surface area (Å²) in [4.78, 5) is 11.1. The molecule has 1 nitrogen and oxygen atoms in total. The Balaban J connectivity index is 2.60. The predicted molar refractivity (Wildman–Crippen MR) is 46.4 cm³/mol. The van der Waals surface area contributed by atoms with Crippen molar-refractivity contribution in [1.82, 2.24) is 0 Å². The highest BCUT2D eigenvalue weighted by Gasteiger charge is 2.07. The molecule has 0 N–H and O–H groups in total. The first-order chi connectivity index (χ1) is 5.34. The van der Waals surface area contributed by atoms with Crippen LogP contribution in [0, 0.1) is 0 Å². The van der Waals surface area contributed by atoms with Gasteiger partial charge in [0.15, 0.2) is 5.78 Å². The molecule has 0 saturated carbocycles. The van der Waals surface area contributed by atoms with E-state index in [-0.39, 0.29) is 5.78 Å². The highest BCUT2D eigenvalue weighted by Crippen LogP contribution is 2.17. The van der Waals surface area contributed by atoms with Gasteiger partial charge in [0, 0.05) is 0 Å². The Hall–Kier alpha value is -0.850. The monoisotopic (exact) mass is 150 g/mol. The first-order valence-electron chi connectivity index (χ1n) is 4.20. The van der Waals surface area contributed by atoms with Crippen molar-refractivity contribution in [3.8, 4) is 0 Å². The predicted octanol–water partition coefficient (Wildman–Crippen LogP) is 2.63. The molecule has 1 aliphatic rings. The van der Waals surface area contributed by atoms with E-state index in [1.807, 2.05) is 0 Å².